The minimum absolute atomic E-state index is 0.277. The molecule has 0 aliphatic heterocycles. The van der Waals surface area contributed by atoms with Crippen LogP contribution in [0.25, 0.3) is 0 Å². The van der Waals surface area contributed by atoms with Crippen LogP contribution in [0.5, 0.6) is 0 Å². The summed E-state index contributed by atoms with van der Waals surface area (Å²) >= 11 is 0. The van der Waals surface area contributed by atoms with Crippen LogP contribution in [0.1, 0.15) is 0 Å². The average molecular weight is 206 g/mol. The summed E-state index contributed by atoms with van der Waals surface area (Å²) in [6.07, 6.45) is -2.43. The van der Waals surface area contributed by atoms with E-state index in [1.165, 1.54) is 9.58 Å². The lowest BCUT2D eigenvalue weighted by Crippen LogP contribution is -2.35. The maximum atomic E-state index is 12.2. The van der Waals surface area contributed by atoms with Gasteiger partial charge in [-0.1, -0.05) is 5.10 Å². The first-order valence-corrected chi connectivity index (χ1v) is 4.10. The van der Waals surface area contributed by atoms with Crippen LogP contribution in [0.4, 0.5) is 14.7 Å². The van der Waals surface area contributed by atoms with Crippen LogP contribution in [0.2, 0.25) is 0 Å². The summed E-state index contributed by atoms with van der Waals surface area (Å²) in [7, 11) is 1.59. The first-order chi connectivity index (χ1) is 6.65. The second-order valence-corrected chi connectivity index (χ2v) is 2.73. The highest BCUT2D eigenvalue weighted by molar-refractivity contribution is 5.27. The van der Waals surface area contributed by atoms with Crippen LogP contribution in [-0.4, -0.2) is 46.3 Å². The molecule has 0 aliphatic carbocycles. The average Bonchev–Trinajstić information content (AvgIpc) is 2.50. The molecule has 8 heteroatoms. The summed E-state index contributed by atoms with van der Waals surface area (Å²) in [6, 6.07) is 0. The standard InChI is InChI=1S/C6H12F2N6/c1-13-6(10-11-12-13)14(3-2-9)4-5(7)8/h5H,2-4,9H2,1H3. The van der Waals surface area contributed by atoms with Gasteiger partial charge in [0, 0.05) is 20.1 Å². The number of nitrogens with zero attached hydrogens (tertiary/aromatic N) is 5. The Labute approximate surface area is 79.7 Å². The van der Waals surface area contributed by atoms with Crippen molar-refractivity contribution in [3.05, 3.63) is 0 Å². The Balaban J connectivity index is 2.72. The highest BCUT2D eigenvalue weighted by Gasteiger charge is 2.16. The molecule has 0 saturated heterocycles. The molecule has 1 rings (SSSR count). The molecule has 0 atom stereocenters. The SMILES string of the molecule is Cn1nnnc1N(CCN)CC(F)F. The van der Waals surface area contributed by atoms with Gasteiger partial charge in [0.05, 0.1) is 6.54 Å². The largest absolute Gasteiger partial charge is 0.333 e. The summed E-state index contributed by atoms with van der Waals surface area (Å²) in [6.45, 7) is 0.170. The molecule has 1 aromatic heterocycles. The van der Waals surface area contributed by atoms with Crippen LogP contribution in [0, 0.1) is 0 Å². The second kappa shape index (κ2) is 4.80. The van der Waals surface area contributed by atoms with Crippen LogP contribution in [0.15, 0.2) is 0 Å². The monoisotopic (exact) mass is 206 g/mol. The Bertz CT molecular complexity index is 275. The molecule has 0 bridgehead atoms. The van der Waals surface area contributed by atoms with Gasteiger partial charge in [0.2, 0.25) is 5.95 Å². The van der Waals surface area contributed by atoms with Crippen LogP contribution >= 0.6 is 0 Å². The predicted octanol–water partition coefficient (Wildman–Crippen LogP) is -0.760. The molecule has 1 aromatic rings. The number of halogens is 2. The number of hydrogen-bond donors (Lipinski definition) is 1. The summed E-state index contributed by atoms with van der Waals surface area (Å²) in [5.41, 5.74) is 5.30. The Morgan fingerprint density at radius 3 is 2.71 bits per heavy atom. The second-order valence-electron chi connectivity index (χ2n) is 2.73. The van der Waals surface area contributed by atoms with E-state index in [4.69, 9.17) is 5.73 Å². The predicted molar refractivity (Wildman–Crippen MR) is 46.1 cm³/mol. The first kappa shape index (κ1) is 10.8. The quantitative estimate of drug-likeness (QED) is 0.685. The summed E-state index contributed by atoms with van der Waals surface area (Å²) in [4.78, 5) is 1.35. The molecule has 0 saturated carbocycles. The van der Waals surface area contributed by atoms with Crippen molar-refractivity contribution in [2.24, 2.45) is 12.8 Å². The van der Waals surface area contributed by atoms with Gasteiger partial charge in [-0.2, -0.15) is 0 Å². The Morgan fingerprint density at radius 1 is 1.57 bits per heavy atom. The number of aromatic nitrogens is 4. The van der Waals surface area contributed by atoms with E-state index in [1.807, 2.05) is 0 Å². The van der Waals surface area contributed by atoms with Crippen LogP contribution in [0.3, 0.4) is 0 Å². The van der Waals surface area contributed by atoms with E-state index in [1.54, 1.807) is 7.05 Å². The van der Waals surface area contributed by atoms with E-state index >= 15 is 0 Å². The third kappa shape index (κ3) is 2.59. The zero-order chi connectivity index (χ0) is 10.6. The van der Waals surface area contributed by atoms with Crippen molar-refractivity contribution in [1.29, 1.82) is 0 Å². The number of rotatable bonds is 5. The Hall–Kier alpha value is -1.31. The summed E-state index contributed by atoms with van der Waals surface area (Å²) in [5, 5.41) is 10.5. The van der Waals surface area contributed by atoms with Gasteiger partial charge >= 0.3 is 0 Å². The van der Waals surface area contributed by atoms with Gasteiger partial charge in [-0.3, -0.25) is 0 Å². The molecule has 14 heavy (non-hydrogen) atoms. The maximum Gasteiger partial charge on any atom is 0.255 e. The molecule has 80 valence electrons. The molecule has 0 aromatic carbocycles. The molecule has 0 aliphatic rings. The van der Waals surface area contributed by atoms with Crippen molar-refractivity contribution < 1.29 is 8.78 Å². The van der Waals surface area contributed by atoms with Crippen molar-refractivity contribution in [3.8, 4) is 0 Å². The normalized spacial score (nSPS) is 10.9. The fraction of sp³-hybridized carbons (Fsp3) is 0.833. The fourth-order valence-corrected chi connectivity index (χ4v) is 1.09. The van der Waals surface area contributed by atoms with E-state index in [0.29, 0.717) is 12.5 Å². The first-order valence-electron chi connectivity index (χ1n) is 4.10. The number of nitrogens with two attached hydrogens (primary N) is 1. The van der Waals surface area contributed by atoms with E-state index in [2.05, 4.69) is 15.5 Å². The molecular formula is C6H12F2N6. The lowest BCUT2D eigenvalue weighted by atomic mass is 10.5. The summed E-state index contributed by atoms with van der Waals surface area (Å²) in [5.74, 6) is 0.302. The molecule has 0 fully saturated rings. The van der Waals surface area contributed by atoms with Gasteiger partial charge in [0.25, 0.3) is 6.43 Å². The third-order valence-corrected chi connectivity index (χ3v) is 1.64. The molecule has 0 radical (unpaired) electrons. The maximum absolute atomic E-state index is 12.2. The van der Waals surface area contributed by atoms with Gasteiger partial charge in [-0.25, -0.2) is 13.5 Å². The number of aryl methyl sites for hydroxylation is 1. The topological polar surface area (TPSA) is 72.9 Å². The number of tetrazole rings is 1. The molecular weight excluding hydrogens is 194 g/mol. The lowest BCUT2D eigenvalue weighted by Gasteiger charge is -2.20. The molecule has 0 unspecified atom stereocenters. The molecule has 1 heterocycles. The minimum Gasteiger partial charge on any atom is -0.333 e. The van der Waals surface area contributed by atoms with Crippen molar-refractivity contribution in [2.45, 2.75) is 6.43 Å². The summed E-state index contributed by atoms with van der Waals surface area (Å²) < 4.78 is 25.7. The Morgan fingerprint density at radius 2 is 2.29 bits per heavy atom. The van der Waals surface area contributed by atoms with Crippen molar-refractivity contribution >= 4 is 5.95 Å². The van der Waals surface area contributed by atoms with Crippen molar-refractivity contribution in [2.75, 3.05) is 24.5 Å². The highest BCUT2D eigenvalue weighted by atomic mass is 19.3. The zero-order valence-corrected chi connectivity index (χ0v) is 7.77. The highest BCUT2D eigenvalue weighted by Crippen LogP contribution is 2.08. The number of hydrogen-bond acceptors (Lipinski definition) is 5. The van der Waals surface area contributed by atoms with Gasteiger partial charge < -0.3 is 10.6 Å². The van der Waals surface area contributed by atoms with E-state index in [0.717, 1.165) is 0 Å². The Kier molecular flexibility index (Phi) is 3.69. The van der Waals surface area contributed by atoms with Gasteiger partial charge in [0.1, 0.15) is 0 Å². The molecule has 6 nitrogen and oxygen atoms in total. The molecule has 2 N–H and O–H groups in total. The lowest BCUT2D eigenvalue weighted by molar-refractivity contribution is 0.154. The fourth-order valence-electron chi connectivity index (χ4n) is 1.09. The van der Waals surface area contributed by atoms with Gasteiger partial charge in [0.15, 0.2) is 0 Å². The molecule has 0 amide bonds. The molecule has 0 spiro atoms. The van der Waals surface area contributed by atoms with Crippen LogP contribution in [-0.2, 0) is 7.05 Å². The van der Waals surface area contributed by atoms with Crippen molar-refractivity contribution in [1.82, 2.24) is 20.2 Å². The van der Waals surface area contributed by atoms with E-state index < -0.39 is 13.0 Å². The van der Waals surface area contributed by atoms with Gasteiger partial charge in [-0.15, -0.1) is 0 Å². The minimum atomic E-state index is -2.43. The van der Waals surface area contributed by atoms with Crippen LogP contribution < -0.4 is 10.6 Å². The third-order valence-electron chi connectivity index (χ3n) is 1.64. The van der Waals surface area contributed by atoms with Crippen molar-refractivity contribution in [3.63, 3.8) is 0 Å². The number of alkyl halides is 2. The van der Waals surface area contributed by atoms with E-state index in [9.17, 15) is 8.78 Å². The van der Waals surface area contributed by atoms with Gasteiger partial charge in [-0.05, 0) is 10.4 Å². The van der Waals surface area contributed by atoms with E-state index in [-0.39, 0.29) is 6.54 Å². The number of anilines is 1. The zero-order valence-electron chi connectivity index (χ0n) is 7.77. The smallest absolute Gasteiger partial charge is 0.255 e.